The summed E-state index contributed by atoms with van der Waals surface area (Å²) in [6.07, 6.45) is 4.39. The van der Waals surface area contributed by atoms with Gasteiger partial charge in [-0.1, -0.05) is 39.8 Å². The van der Waals surface area contributed by atoms with Gasteiger partial charge < -0.3 is 25.5 Å². The van der Waals surface area contributed by atoms with E-state index in [9.17, 15) is 25.5 Å². The maximum atomic E-state index is 11.4. The van der Waals surface area contributed by atoms with Gasteiger partial charge in [0.25, 0.3) is 0 Å². The van der Waals surface area contributed by atoms with Crippen molar-refractivity contribution in [2.45, 2.75) is 103 Å². The van der Waals surface area contributed by atoms with Gasteiger partial charge in [0, 0.05) is 12.5 Å². The molecule has 0 aromatic heterocycles. The molecule has 0 bridgehead atoms. The minimum absolute atomic E-state index is 0.0552. The van der Waals surface area contributed by atoms with Crippen LogP contribution in [0.4, 0.5) is 0 Å². The average molecular weight is 465 g/mol. The molecule has 190 valence electrons. The van der Waals surface area contributed by atoms with Crippen molar-refractivity contribution < 1.29 is 25.5 Å². The highest BCUT2D eigenvalue weighted by molar-refractivity contribution is 5.15. The molecule has 4 fully saturated rings. The standard InChI is InChI=1S/C28H48O5/c1-15(17(3)14-29)6-7-16(2)20-13-23(32)24-18-12-22(31)25-26(33)21(30)9-11-27(25,4)19(18)8-10-28(20,24)5/h16-26,29-33H,1,6-14H2,2-5H3/t16-,17-,18-,19+,20-,21+,22+,23-,24-,25+,26+,27-,28-/m1/s1. The topological polar surface area (TPSA) is 101 Å². The number of hydrogen-bond donors (Lipinski definition) is 5. The zero-order chi connectivity index (χ0) is 24.3. The van der Waals surface area contributed by atoms with E-state index in [0.29, 0.717) is 30.6 Å². The molecule has 0 unspecified atom stereocenters. The Bertz CT molecular complexity index is 725. The van der Waals surface area contributed by atoms with E-state index in [1.807, 2.05) is 6.92 Å². The number of aliphatic hydroxyl groups excluding tert-OH is 5. The molecule has 13 atom stereocenters. The van der Waals surface area contributed by atoms with E-state index in [1.54, 1.807) is 0 Å². The molecule has 33 heavy (non-hydrogen) atoms. The van der Waals surface area contributed by atoms with Crippen LogP contribution in [0.1, 0.15) is 79.1 Å². The molecule has 4 aliphatic rings. The van der Waals surface area contributed by atoms with Crippen molar-refractivity contribution in [1.29, 1.82) is 0 Å². The minimum atomic E-state index is -0.858. The highest BCUT2D eigenvalue weighted by Crippen LogP contribution is 2.68. The van der Waals surface area contributed by atoms with E-state index < -0.39 is 18.3 Å². The molecule has 5 nitrogen and oxygen atoms in total. The maximum Gasteiger partial charge on any atom is 0.0857 e. The van der Waals surface area contributed by atoms with Crippen LogP contribution in [0.15, 0.2) is 12.2 Å². The van der Waals surface area contributed by atoms with Crippen LogP contribution in [0.2, 0.25) is 0 Å². The van der Waals surface area contributed by atoms with Crippen molar-refractivity contribution in [2.75, 3.05) is 6.61 Å². The molecule has 0 amide bonds. The minimum Gasteiger partial charge on any atom is -0.396 e. The summed E-state index contributed by atoms with van der Waals surface area (Å²) in [4.78, 5) is 0. The summed E-state index contributed by atoms with van der Waals surface area (Å²) in [7, 11) is 0. The van der Waals surface area contributed by atoms with Crippen molar-refractivity contribution in [2.24, 2.45) is 52.3 Å². The summed E-state index contributed by atoms with van der Waals surface area (Å²) in [6, 6.07) is 0. The molecule has 0 heterocycles. The van der Waals surface area contributed by atoms with E-state index in [2.05, 4.69) is 27.4 Å². The van der Waals surface area contributed by atoms with E-state index in [-0.39, 0.29) is 47.2 Å². The van der Waals surface area contributed by atoms with Gasteiger partial charge in [-0.3, -0.25) is 0 Å². The monoisotopic (exact) mass is 464 g/mol. The van der Waals surface area contributed by atoms with E-state index in [4.69, 9.17) is 0 Å². The van der Waals surface area contributed by atoms with Crippen molar-refractivity contribution in [1.82, 2.24) is 0 Å². The summed E-state index contributed by atoms with van der Waals surface area (Å²) in [5.74, 6) is 1.58. The van der Waals surface area contributed by atoms with E-state index in [0.717, 1.165) is 44.1 Å². The molecule has 0 aromatic rings. The molecular formula is C28H48O5. The van der Waals surface area contributed by atoms with Crippen LogP contribution in [-0.4, -0.2) is 56.6 Å². The van der Waals surface area contributed by atoms with Crippen molar-refractivity contribution >= 4 is 0 Å². The third kappa shape index (κ3) is 4.04. The van der Waals surface area contributed by atoms with Gasteiger partial charge in [0.05, 0.1) is 24.4 Å². The van der Waals surface area contributed by atoms with Crippen LogP contribution in [0.5, 0.6) is 0 Å². The Labute approximate surface area is 200 Å². The molecule has 0 saturated heterocycles. The summed E-state index contributed by atoms with van der Waals surface area (Å²) in [5.41, 5.74) is 0.976. The second-order valence-corrected chi connectivity index (χ2v) is 12.9. The normalized spacial score (nSPS) is 51.2. The maximum absolute atomic E-state index is 11.4. The number of aliphatic hydroxyl groups is 5. The molecule has 4 saturated carbocycles. The first-order valence-corrected chi connectivity index (χ1v) is 13.5. The number of fused-ring (bicyclic) bond motifs is 5. The zero-order valence-electron chi connectivity index (χ0n) is 21.2. The molecule has 5 N–H and O–H groups in total. The molecule has 0 radical (unpaired) electrons. The fourth-order valence-corrected chi connectivity index (χ4v) is 9.37. The lowest BCUT2D eigenvalue weighted by molar-refractivity contribution is -0.217. The number of hydrogen-bond acceptors (Lipinski definition) is 5. The molecule has 4 rings (SSSR count). The van der Waals surface area contributed by atoms with Crippen LogP contribution in [0.25, 0.3) is 0 Å². The zero-order valence-corrected chi connectivity index (χ0v) is 21.2. The summed E-state index contributed by atoms with van der Waals surface area (Å²) >= 11 is 0. The first kappa shape index (κ1) is 25.6. The molecule has 4 aliphatic carbocycles. The quantitative estimate of drug-likeness (QED) is 0.387. The van der Waals surface area contributed by atoms with Gasteiger partial charge in [-0.25, -0.2) is 0 Å². The molecular weight excluding hydrogens is 416 g/mol. The third-order valence-corrected chi connectivity index (χ3v) is 11.3. The van der Waals surface area contributed by atoms with Gasteiger partial charge in [0.2, 0.25) is 0 Å². The molecule has 0 aliphatic heterocycles. The fourth-order valence-electron chi connectivity index (χ4n) is 9.37. The van der Waals surface area contributed by atoms with E-state index >= 15 is 0 Å². The second-order valence-electron chi connectivity index (χ2n) is 12.9. The van der Waals surface area contributed by atoms with Crippen LogP contribution >= 0.6 is 0 Å². The lowest BCUT2D eigenvalue weighted by Crippen LogP contribution is -2.63. The van der Waals surface area contributed by atoms with Gasteiger partial charge >= 0.3 is 0 Å². The Balaban J connectivity index is 1.54. The lowest BCUT2D eigenvalue weighted by Gasteiger charge is -2.63. The number of rotatable bonds is 6. The predicted octanol–water partition coefficient (Wildman–Crippen LogP) is 3.52. The van der Waals surface area contributed by atoms with Crippen molar-refractivity contribution in [3.05, 3.63) is 12.2 Å². The van der Waals surface area contributed by atoms with Gasteiger partial charge in [0.15, 0.2) is 0 Å². The average Bonchev–Trinajstić information content (AvgIpc) is 3.04. The van der Waals surface area contributed by atoms with Crippen LogP contribution < -0.4 is 0 Å². The Morgan fingerprint density at radius 2 is 1.55 bits per heavy atom. The van der Waals surface area contributed by atoms with Gasteiger partial charge in [0.1, 0.15) is 0 Å². The molecule has 0 aromatic carbocycles. The lowest BCUT2D eigenvalue weighted by atomic mass is 9.43. The molecule has 0 spiro atoms. The summed E-state index contributed by atoms with van der Waals surface area (Å²) in [6.45, 7) is 13.3. The Morgan fingerprint density at radius 1 is 0.909 bits per heavy atom. The predicted molar refractivity (Wildman–Crippen MR) is 129 cm³/mol. The highest BCUT2D eigenvalue weighted by Gasteiger charge is 2.65. The first-order valence-electron chi connectivity index (χ1n) is 13.5. The largest absolute Gasteiger partial charge is 0.396 e. The SMILES string of the molecule is C=C(CC[C@@H](C)[C@H]1C[C@@H](O)[C@H]2[C@@H]3C[C@H](O)[C@H]4[C@@H](O)[C@@H](O)CC[C@]4(C)[C@H]3CC[C@@]21C)[C@H](C)CO. The highest BCUT2D eigenvalue weighted by atomic mass is 16.3. The smallest absolute Gasteiger partial charge is 0.0857 e. The summed E-state index contributed by atoms with van der Waals surface area (Å²) < 4.78 is 0. The third-order valence-electron chi connectivity index (χ3n) is 11.3. The Hall–Kier alpha value is -0.460. The molecule has 5 heteroatoms. The van der Waals surface area contributed by atoms with Crippen LogP contribution in [0.3, 0.4) is 0 Å². The van der Waals surface area contributed by atoms with Crippen molar-refractivity contribution in [3.8, 4) is 0 Å². The second kappa shape index (κ2) is 9.20. The Morgan fingerprint density at radius 3 is 2.21 bits per heavy atom. The first-order chi connectivity index (χ1) is 15.5. The fraction of sp³-hybridized carbons (Fsp3) is 0.929. The van der Waals surface area contributed by atoms with Crippen LogP contribution in [-0.2, 0) is 0 Å². The van der Waals surface area contributed by atoms with Crippen molar-refractivity contribution in [3.63, 3.8) is 0 Å². The van der Waals surface area contributed by atoms with Gasteiger partial charge in [-0.2, -0.15) is 0 Å². The van der Waals surface area contributed by atoms with Crippen LogP contribution in [0, 0.1) is 52.3 Å². The van der Waals surface area contributed by atoms with E-state index in [1.165, 1.54) is 0 Å². The Kier molecular flexibility index (Phi) is 7.15. The summed E-state index contributed by atoms with van der Waals surface area (Å²) in [5, 5.41) is 53.1. The van der Waals surface area contributed by atoms with Gasteiger partial charge in [-0.15, -0.1) is 0 Å². The van der Waals surface area contributed by atoms with Gasteiger partial charge in [-0.05, 0) is 97.7 Å².